The van der Waals surface area contributed by atoms with Crippen LogP contribution in [0.1, 0.15) is 32.6 Å². The molecule has 0 saturated heterocycles. The van der Waals surface area contributed by atoms with Crippen LogP contribution in [0.2, 0.25) is 0 Å². The van der Waals surface area contributed by atoms with Crippen molar-refractivity contribution in [3.63, 3.8) is 0 Å². The van der Waals surface area contributed by atoms with Crippen molar-refractivity contribution in [3.8, 4) is 0 Å². The highest BCUT2D eigenvalue weighted by Crippen LogP contribution is 1.95. The molecule has 4 nitrogen and oxygen atoms in total. The second-order valence-electron chi connectivity index (χ2n) is 3.56. The van der Waals surface area contributed by atoms with Crippen molar-refractivity contribution in [2.24, 2.45) is 5.73 Å². The molecule has 0 aliphatic carbocycles. The molecule has 1 unspecified atom stereocenters. The van der Waals surface area contributed by atoms with Gasteiger partial charge in [-0.15, -0.1) is 0 Å². The number of nitrogens with two attached hydrogens (primary N) is 1. The summed E-state index contributed by atoms with van der Waals surface area (Å²) < 4.78 is 4.97. The lowest BCUT2D eigenvalue weighted by atomic mass is 10.2. The Labute approximate surface area is 86.2 Å². The summed E-state index contributed by atoms with van der Waals surface area (Å²) in [5.41, 5.74) is 5.02. The molecule has 84 valence electrons. The lowest BCUT2D eigenvalue weighted by Gasteiger charge is -2.12. The Morgan fingerprint density at radius 3 is 2.79 bits per heavy atom. The van der Waals surface area contributed by atoms with Gasteiger partial charge in [-0.2, -0.15) is 0 Å². The Balaban J connectivity index is 3.14. The highest BCUT2D eigenvalue weighted by molar-refractivity contribution is 5.73. The zero-order chi connectivity index (χ0) is 10.8. The molecule has 0 aliphatic rings. The van der Waals surface area contributed by atoms with Crippen LogP contribution in [0.15, 0.2) is 0 Å². The van der Waals surface area contributed by atoms with Crippen molar-refractivity contribution in [1.82, 2.24) is 5.32 Å². The van der Waals surface area contributed by atoms with E-state index in [-0.39, 0.29) is 5.91 Å². The molecule has 0 saturated carbocycles. The monoisotopic (exact) mass is 202 g/mol. The molecule has 0 aromatic carbocycles. The molecule has 0 aromatic rings. The lowest BCUT2D eigenvalue weighted by Crippen LogP contribution is -2.28. The first-order chi connectivity index (χ1) is 6.66. The summed E-state index contributed by atoms with van der Waals surface area (Å²) in [6.45, 7) is 3.86. The highest BCUT2D eigenvalue weighted by Gasteiger charge is 2.00. The minimum Gasteiger partial charge on any atom is -0.385 e. The second kappa shape index (κ2) is 8.97. The number of methoxy groups -OCH3 is 1. The summed E-state index contributed by atoms with van der Waals surface area (Å²) in [6, 6.07) is 0.475. The van der Waals surface area contributed by atoms with Gasteiger partial charge < -0.3 is 15.8 Å². The fourth-order valence-electron chi connectivity index (χ4n) is 1.17. The molecule has 4 heteroatoms. The van der Waals surface area contributed by atoms with E-state index in [4.69, 9.17) is 10.5 Å². The maximum atomic E-state index is 10.4. The van der Waals surface area contributed by atoms with Gasteiger partial charge in [0.1, 0.15) is 0 Å². The first-order valence-electron chi connectivity index (χ1n) is 5.17. The van der Waals surface area contributed by atoms with Gasteiger partial charge in [-0.1, -0.05) is 0 Å². The van der Waals surface area contributed by atoms with Crippen LogP contribution in [0.3, 0.4) is 0 Å². The van der Waals surface area contributed by atoms with Crippen molar-refractivity contribution in [1.29, 1.82) is 0 Å². The molecule has 1 amide bonds. The van der Waals surface area contributed by atoms with Gasteiger partial charge >= 0.3 is 0 Å². The second-order valence-corrected chi connectivity index (χ2v) is 3.56. The number of nitrogens with one attached hydrogen (secondary N) is 1. The van der Waals surface area contributed by atoms with Crippen LogP contribution in [-0.2, 0) is 9.53 Å². The van der Waals surface area contributed by atoms with Crippen LogP contribution >= 0.6 is 0 Å². The molecule has 0 aromatic heterocycles. The summed E-state index contributed by atoms with van der Waals surface area (Å²) in [5.74, 6) is -0.211. The van der Waals surface area contributed by atoms with Gasteiger partial charge in [-0.25, -0.2) is 0 Å². The average molecular weight is 202 g/mol. The van der Waals surface area contributed by atoms with Crippen molar-refractivity contribution in [2.45, 2.75) is 38.6 Å². The van der Waals surface area contributed by atoms with Crippen LogP contribution in [0.5, 0.6) is 0 Å². The van der Waals surface area contributed by atoms with Crippen LogP contribution in [0, 0.1) is 0 Å². The lowest BCUT2D eigenvalue weighted by molar-refractivity contribution is -0.118. The van der Waals surface area contributed by atoms with Crippen molar-refractivity contribution >= 4 is 5.91 Å². The van der Waals surface area contributed by atoms with E-state index in [9.17, 15) is 4.79 Å². The Hall–Kier alpha value is -0.610. The van der Waals surface area contributed by atoms with Gasteiger partial charge in [-0.05, 0) is 32.7 Å². The molecular formula is C10H22N2O2. The van der Waals surface area contributed by atoms with Crippen LogP contribution in [0.25, 0.3) is 0 Å². The van der Waals surface area contributed by atoms with E-state index in [0.717, 1.165) is 32.4 Å². The Morgan fingerprint density at radius 2 is 2.21 bits per heavy atom. The van der Waals surface area contributed by atoms with Crippen LogP contribution in [0.4, 0.5) is 0 Å². The normalized spacial score (nSPS) is 12.7. The highest BCUT2D eigenvalue weighted by atomic mass is 16.5. The molecule has 0 radical (unpaired) electrons. The largest absolute Gasteiger partial charge is 0.385 e. The Bertz CT molecular complexity index is 151. The van der Waals surface area contributed by atoms with E-state index in [1.54, 1.807) is 7.11 Å². The number of hydrogen-bond donors (Lipinski definition) is 2. The number of rotatable bonds is 9. The van der Waals surface area contributed by atoms with Gasteiger partial charge in [0.2, 0.25) is 5.91 Å². The minimum atomic E-state index is -0.211. The fraction of sp³-hybridized carbons (Fsp3) is 0.900. The number of amides is 1. The number of primary amides is 1. The zero-order valence-corrected chi connectivity index (χ0v) is 9.21. The third-order valence-electron chi connectivity index (χ3n) is 2.10. The summed E-state index contributed by atoms with van der Waals surface area (Å²) in [5, 5.41) is 3.36. The molecule has 0 fully saturated rings. The van der Waals surface area contributed by atoms with E-state index in [1.165, 1.54) is 0 Å². The van der Waals surface area contributed by atoms with E-state index in [2.05, 4.69) is 12.2 Å². The van der Waals surface area contributed by atoms with Crippen molar-refractivity contribution < 1.29 is 9.53 Å². The summed E-state index contributed by atoms with van der Waals surface area (Å²) in [6.07, 6.45) is 3.39. The number of carbonyl (C=O) groups excluding carboxylic acids is 1. The van der Waals surface area contributed by atoms with E-state index in [0.29, 0.717) is 12.5 Å². The molecule has 0 aliphatic heterocycles. The molecule has 0 heterocycles. The number of hydrogen-bond acceptors (Lipinski definition) is 3. The van der Waals surface area contributed by atoms with Gasteiger partial charge in [0.15, 0.2) is 0 Å². The summed E-state index contributed by atoms with van der Waals surface area (Å²) in [7, 11) is 1.71. The Morgan fingerprint density at radius 1 is 1.50 bits per heavy atom. The minimum absolute atomic E-state index is 0.211. The maximum absolute atomic E-state index is 10.4. The molecule has 0 spiro atoms. The molecule has 1 atom stereocenters. The summed E-state index contributed by atoms with van der Waals surface area (Å²) >= 11 is 0. The molecule has 3 N–H and O–H groups in total. The van der Waals surface area contributed by atoms with Crippen molar-refractivity contribution in [2.75, 3.05) is 20.3 Å². The number of carbonyl (C=O) groups is 1. The molecule has 0 bridgehead atoms. The van der Waals surface area contributed by atoms with Gasteiger partial charge in [0.05, 0.1) is 0 Å². The third-order valence-corrected chi connectivity index (χ3v) is 2.10. The van der Waals surface area contributed by atoms with Crippen molar-refractivity contribution in [3.05, 3.63) is 0 Å². The van der Waals surface area contributed by atoms with E-state index < -0.39 is 0 Å². The van der Waals surface area contributed by atoms with Gasteiger partial charge in [0, 0.05) is 26.2 Å². The Kier molecular flexibility index (Phi) is 8.57. The summed E-state index contributed by atoms with van der Waals surface area (Å²) in [4.78, 5) is 10.4. The standard InChI is InChI=1S/C10H22N2O2/c1-9(6-8-14-2)12-7-4-3-5-10(11)13/h9,12H,3-8H2,1-2H3,(H2,11,13). The SMILES string of the molecule is COCCC(C)NCCCCC(N)=O. The predicted octanol–water partition coefficient (Wildman–Crippen LogP) is 0.657. The number of unbranched alkanes of at least 4 members (excludes halogenated alkanes) is 1. The van der Waals surface area contributed by atoms with E-state index >= 15 is 0 Å². The average Bonchev–Trinajstić information content (AvgIpc) is 2.13. The van der Waals surface area contributed by atoms with E-state index in [1.807, 2.05) is 0 Å². The smallest absolute Gasteiger partial charge is 0.217 e. The topological polar surface area (TPSA) is 64.3 Å². The fourth-order valence-corrected chi connectivity index (χ4v) is 1.17. The first-order valence-corrected chi connectivity index (χ1v) is 5.17. The molecule has 14 heavy (non-hydrogen) atoms. The quantitative estimate of drug-likeness (QED) is 0.540. The van der Waals surface area contributed by atoms with Crippen LogP contribution < -0.4 is 11.1 Å². The zero-order valence-electron chi connectivity index (χ0n) is 9.21. The van der Waals surface area contributed by atoms with Gasteiger partial charge in [0.25, 0.3) is 0 Å². The first kappa shape index (κ1) is 13.4. The molecule has 0 rings (SSSR count). The maximum Gasteiger partial charge on any atom is 0.217 e. The predicted molar refractivity (Wildman–Crippen MR) is 57.0 cm³/mol. The van der Waals surface area contributed by atoms with Crippen LogP contribution in [-0.4, -0.2) is 32.2 Å². The number of ether oxygens (including phenoxy) is 1. The molecular weight excluding hydrogens is 180 g/mol. The van der Waals surface area contributed by atoms with Gasteiger partial charge in [-0.3, -0.25) is 4.79 Å². The third kappa shape index (κ3) is 9.48.